The van der Waals surface area contributed by atoms with E-state index in [1.54, 1.807) is 10.9 Å². The molecule has 1 heterocycles. The molecule has 0 aromatic carbocycles. The molecule has 0 radical (unpaired) electrons. The predicted octanol–water partition coefficient (Wildman–Crippen LogP) is 1.62. The summed E-state index contributed by atoms with van der Waals surface area (Å²) in [6.45, 7) is 8.86. The van der Waals surface area contributed by atoms with Gasteiger partial charge in [-0.05, 0) is 13.6 Å². The van der Waals surface area contributed by atoms with Gasteiger partial charge in [-0.1, -0.05) is 6.58 Å². The van der Waals surface area contributed by atoms with E-state index in [1.165, 1.54) is 0 Å². The molecular weight excluding hydrogens is 126 g/mol. The molecule has 1 rings (SSSR count). The van der Waals surface area contributed by atoms with Gasteiger partial charge in [0.1, 0.15) is 0 Å². The summed E-state index contributed by atoms with van der Waals surface area (Å²) in [5, 5.41) is 4.06. The molecule has 0 atom stereocenters. The van der Waals surface area contributed by atoms with Crippen LogP contribution in [0, 0.1) is 6.92 Å². The number of hydrogen-bond donors (Lipinski definition) is 0. The Morgan fingerprint density at radius 3 is 2.90 bits per heavy atom. The Morgan fingerprint density at radius 1 is 1.80 bits per heavy atom. The minimum atomic E-state index is 0.729. The minimum Gasteiger partial charge on any atom is -0.245 e. The summed E-state index contributed by atoms with van der Waals surface area (Å²) in [5.74, 6) is 0.729. The van der Waals surface area contributed by atoms with Gasteiger partial charge in [0.25, 0.3) is 0 Å². The number of hydrogen-bond acceptors (Lipinski definition) is 2. The Hall–Kier alpha value is -1.38. The van der Waals surface area contributed by atoms with Crippen LogP contribution in [-0.4, -0.2) is 16.5 Å². The second kappa shape index (κ2) is 2.47. The topological polar surface area (TPSA) is 30.2 Å². The Balaban J connectivity index is 3.20. The van der Waals surface area contributed by atoms with E-state index in [2.05, 4.69) is 23.4 Å². The van der Waals surface area contributed by atoms with Crippen LogP contribution in [0.15, 0.2) is 17.6 Å². The fourth-order valence-corrected chi connectivity index (χ4v) is 0.755. The lowest BCUT2D eigenvalue weighted by Crippen LogP contribution is -1.86. The van der Waals surface area contributed by atoms with E-state index in [0.717, 1.165) is 11.5 Å². The fraction of sp³-hybridized carbons (Fsp3) is 0.143. The molecule has 0 amide bonds. The molecule has 3 nitrogen and oxygen atoms in total. The number of aryl methyl sites for hydroxylation is 1. The van der Waals surface area contributed by atoms with Crippen molar-refractivity contribution in [3.8, 4) is 0 Å². The Bertz CT molecular complexity index is 234. The summed E-state index contributed by atoms with van der Waals surface area (Å²) in [4.78, 5) is 3.74. The van der Waals surface area contributed by atoms with Crippen LogP contribution in [0.1, 0.15) is 5.69 Å². The standard InChI is InChI=1S/C7H9N3/c1-4-10-7(8-3)5-6(2)9-10/h4-5H,1,3H2,2H3. The van der Waals surface area contributed by atoms with E-state index in [0.29, 0.717) is 0 Å². The molecule has 0 aliphatic rings. The average molecular weight is 135 g/mol. The molecule has 0 saturated heterocycles. The third-order valence-corrected chi connectivity index (χ3v) is 1.17. The van der Waals surface area contributed by atoms with Crippen LogP contribution in [-0.2, 0) is 0 Å². The highest BCUT2D eigenvalue weighted by Gasteiger charge is 1.97. The van der Waals surface area contributed by atoms with Gasteiger partial charge in [-0.15, -0.1) is 0 Å². The smallest absolute Gasteiger partial charge is 0.154 e. The van der Waals surface area contributed by atoms with Gasteiger partial charge in [-0.25, -0.2) is 9.67 Å². The zero-order valence-electron chi connectivity index (χ0n) is 5.91. The van der Waals surface area contributed by atoms with E-state index in [1.807, 2.05) is 13.0 Å². The zero-order valence-corrected chi connectivity index (χ0v) is 5.91. The summed E-state index contributed by atoms with van der Waals surface area (Å²) in [6, 6.07) is 1.84. The maximum Gasteiger partial charge on any atom is 0.154 e. The highest BCUT2D eigenvalue weighted by Crippen LogP contribution is 2.12. The number of rotatable bonds is 2. The van der Waals surface area contributed by atoms with Crippen molar-refractivity contribution in [1.29, 1.82) is 0 Å². The second-order valence-corrected chi connectivity index (χ2v) is 1.93. The quantitative estimate of drug-likeness (QED) is 0.567. The molecule has 1 aromatic rings. The monoisotopic (exact) mass is 135 g/mol. The van der Waals surface area contributed by atoms with Gasteiger partial charge in [0, 0.05) is 12.3 Å². The largest absolute Gasteiger partial charge is 0.245 e. The first-order chi connectivity index (χ1) is 4.77. The molecule has 0 aliphatic heterocycles. The first kappa shape index (κ1) is 6.74. The zero-order chi connectivity index (χ0) is 7.56. The highest BCUT2D eigenvalue weighted by molar-refractivity contribution is 5.44. The molecule has 3 heteroatoms. The van der Waals surface area contributed by atoms with Gasteiger partial charge in [-0.2, -0.15) is 5.10 Å². The maximum atomic E-state index is 4.06. The summed E-state index contributed by atoms with van der Waals surface area (Å²) in [5.41, 5.74) is 0.919. The molecule has 0 saturated carbocycles. The van der Waals surface area contributed by atoms with Crippen molar-refractivity contribution in [2.24, 2.45) is 4.99 Å². The van der Waals surface area contributed by atoms with Crippen LogP contribution in [0.4, 0.5) is 5.82 Å². The average Bonchev–Trinajstić information content (AvgIpc) is 2.30. The van der Waals surface area contributed by atoms with Crippen molar-refractivity contribution in [2.45, 2.75) is 6.92 Å². The van der Waals surface area contributed by atoms with Gasteiger partial charge in [0.2, 0.25) is 0 Å². The lowest BCUT2D eigenvalue weighted by atomic mass is 10.5. The van der Waals surface area contributed by atoms with E-state index in [4.69, 9.17) is 0 Å². The highest BCUT2D eigenvalue weighted by atomic mass is 15.3. The molecule has 1 aromatic heterocycles. The molecule has 0 N–H and O–H groups in total. The van der Waals surface area contributed by atoms with Gasteiger partial charge in [0.15, 0.2) is 5.82 Å². The van der Waals surface area contributed by atoms with Crippen LogP contribution < -0.4 is 0 Å². The Kier molecular flexibility index (Phi) is 1.67. The van der Waals surface area contributed by atoms with Gasteiger partial charge >= 0.3 is 0 Å². The Labute approximate surface area is 59.7 Å². The third-order valence-electron chi connectivity index (χ3n) is 1.17. The maximum absolute atomic E-state index is 4.06. The molecule has 52 valence electrons. The van der Waals surface area contributed by atoms with Crippen LogP contribution in [0.3, 0.4) is 0 Å². The van der Waals surface area contributed by atoms with Gasteiger partial charge < -0.3 is 0 Å². The van der Waals surface area contributed by atoms with Crippen molar-refractivity contribution in [2.75, 3.05) is 0 Å². The lowest BCUT2D eigenvalue weighted by Gasteiger charge is -1.90. The number of aromatic nitrogens is 2. The minimum absolute atomic E-state index is 0.729. The number of nitrogens with zero attached hydrogens (tertiary/aromatic N) is 3. The summed E-state index contributed by atoms with van der Waals surface area (Å²) < 4.78 is 1.59. The van der Waals surface area contributed by atoms with Crippen LogP contribution >= 0.6 is 0 Å². The summed E-state index contributed by atoms with van der Waals surface area (Å²) in [7, 11) is 0. The molecule has 0 unspecified atom stereocenters. The molecular formula is C7H9N3. The fourth-order valence-electron chi connectivity index (χ4n) is 0.755. The van der Waals surface area contributed by atoms with Crippen LogP contribution in [0.25, 0.3) is 6.20 Å². The second-order valence-electron chi connectivity index (χ2n) is 1.93. The van der Waals surface area contributed by atoms with Crippen molar-refractivity contribution >= 4 is 18.7 Å². The van der Waals surface area contributed by atoms with E-state index >= 15 is 0 Å². The molecule has 0 bridgehead atoms. The lowest BCUT2D eigenvalue weighted by molar-refractivity contribution is 0.913. The van der Waals surface area contributed by atoms with E-state index < -0.39 is 0 Å². The van der Waals surface area contributed by atoms with Crippen LogP contribution in [0.2, 0.25) is 0 Å². The van der Waals surface area contributed by atoms with E-state index in [9.17, 15) is 0 Å². The van der Waals surface area contributed by atoms with Crippen molar-refractivity contribution in [3.05, 3.63) is 18.3 Å². The molecule has 0 spiro atoms. The molecule has 0 fully saturated rings. The summed E-state index contributed by atoms with van der Waals surface area (Å²) >= 11 is 0. The van der Waals surface area contributed by atoms with E-state index in [-0.39, 0.29) is 0 Å². The summed E-state index contributed by atoms with van der Waals surface area (Å²) in [6.07, 6.45) is 1.59. The van der Waals surface area contributed by atoms with Crippen molar-refractivity contribution in [1.82, 2.24) is 9.78 Å². The van der Waals surface area contributed by atoms with Gasteiger partial charge in [-0.3, -0.25) is 0 Å². The number of aliphatic imine (C=N–C) groups is 1. The van der Waals surface area contributed by atoms with Crippen molar-refractivity contribution in [3.63, 3.8) is 0 Å². The third kappa shape index (κ3) is 0.978. The van der Waals surface area contributed by atoms with Gasteiger partial charge in [0.05, 0.1) is 5.69 Å². The Morgan fingerprint density at radius 2 is 2.50 bits per heavy atom. The van der Waals surface area contributed by atoms with Crippen LogP contribution in [0.5, 0.6) is 0 Å². The molecule has 0 aliphatic carbocycles. The first-order valence-corrected chi connectivity index (χ1v) is 2.93. The normalized spacial score (nSPS) is 9.30. The SMILES string of the molecule is C=Cn1nc(C)cc1N=C. The first-order valence-electron chi connectivity index (χ1n) is 2.93. The van der Waals surface area contributed by atoms with Crippen molar-refractivity contribution < 1.29 is 0 Å². The molecule has 10 heavy (non-hydrogen) atoms. The predicted molar refractivity (Wildman–Crippen MR) is 42.6 cm³/mol.